The molecule has 2 fully saturated rings. The number of likely N-dealkylation sites (N-methyl/N-ethyl adjacent to an activating group) is 1. The van der Waals surface area contributed by atoms with Crippen molar-refractivity contribution in [2.75, 3.05) is 80.3 Å². The summed E-state index contributed by atoms with van der Waals surface area (Å²) in [6, 6.07) is 8.68. The number of aliphatic carboxylic acids is 1. The lowest BCUT2D eigenvalue weighted by Crippen LogP contribution is -2.63. The van der Waals surface area contributed by atoms with Gasteiger partial charge < -0.3 is 79.0 Å². The van der Waals surface area contributed by atoms with Crippen molar-refractivity contribution in [3.05, 3.63) is 82.5 Å². The van der Waals surface area contributed by atoms with Gasteiger partial charge in [0, 0.05) is 84.2 Å². The number of para-hydroxylation sites is 1. The molecule has 0 spiro atoms. The Morgan fingerprint density at radius 2 is 1.61 bits per heavy atom. The van der Waals surface area contributed by atoms with Gasteiger partial charge in [0.2, 0.25) is 35.4 Å². The third-order valence-electron chi connectivity index (χ3n) is 17.4. The molecule has 6 rings (SSSR count). The Morgan fingerprint density at radius 1 is 0.916 bits per heavy atom. The first-order chi connectivity index (χ1) is 44.9. The number of carbonyl (C=O) groups excluding carboxylic acids is 8. The number of hydrogen-bond acceptors (Lipinski definition) is 19. The first-order valence-electron chi connectivity index (χ1n) is 31.8. The summed E-state index contributed by atoms with van der Waals surface area (Å²) < 4.78 is 42.7. The van der Waals surface area contributed by atoms with E-state index in [0.717, 1.165) is 32.6 Å². The number of nitrogens with zero attached hydrogens (tertiary/aromatic N) is 4. The number of methoxy groups -OCH3 is 2. The summed E-state index contributed by atoms with van der Waals surface area (Å²) in [5.41, 5.74) is 3.63. The highest BCUT2D eigenvalue weighted by atomic mass is 35.5. The molecule has 0 radical (unpaired) electrons. The van der Waals surface area contributed by atoms with Crippen LogP contribution < -0.4 is 41.6 Å². The van der Waals surface area contributed by atoms with Crippen LogP contribution in [0.5, 0.6) is 5.75 Å². The summed E-state index contributed by atoms with van der Waals surface area (Å²) in [7, 11) is 9.43. The Morgan fingerprint density at radius 3 is 2.28 bits per heavy atom. The minimum Gasteiger partial charge on any atom is -0.495 e. The number of epoxide rings is 1. The summed E-state index contributed by atoms with van der Waals surface area (Å²) in [5.74, 6) is -6.21. The number of amides is 7. The molecule has 7 amide bonds. The molecular formula is C66H95ClN10O18. The van der Waals surface area contributed by atoms with Crippen molar-refractivity contribution in [1.29, 1.82) is 0 Å². The average Bonchev–Trinajstić information content (AvgIpc) is 1.60. The highest BCUT2D eigenvalue weighted by molar-refractivity contribution is 6.35. The number of rotatable bonds is 30. The number of allylic oxidation sites excluding steroid dienone is 3. The predicted octanol–water partition coefficient (Wildman–Crippen LogP) is 3.66. The number of aryl methyl sites for hydroxylation is 1. The van der Waals surface area contributed by atoms with Crippen molar-refractivity contribution in [3.63, 3.8) is 0 Å². The van der Waals surface area contributed by atoms with E-state index in [1.165, 1.54) is 47.1 Å². The molecule has 95 heavy (non-hydrogen) atoms. The number of hydrazine groups is 1. The summed E-state index contributed by atoms with van der Waals surface area (Å²) in [6.07, 6.45) is -0.587. The second-order valence-electron chi connectivity index (χ2n) is 24.9. The number of ether oxygens (including phenoxy) is 7. The molecule has 0 aliphatic carbocycles. The number of esters is 1. The molecule has 2 saturated heterocycles. The zero-order chi connectivity index (χ0) is 70.1. The van der Waals surface area contributed by atoms with Gasteiger partial charge in [-0.2, -0.15) is 0 Å². The molecule has 1 aromatic heterocycles. The fourth-order valence-electron chi connectivity index (χ4n) is 11.5. The van der Waals surface area contributed by atoms with Crippen molar-refractivity contribution in [1.82, 2.24) is 46.5 Å². The number of halogens is 1. The van der Waals surface area contributed by atoms with Gasteiger partial charge in [0.1, 0.15) is 58.9 Å². The topological polar surface area (TPSA) is 349 Å². The second-order valence-corrected chi connectivity index (χ2v) is 25.2. The number of fused-ring (bicyclic) bond motifs is 6. The van der Waals surface area contributed by atoms with Crippen molar-refractivity contribution in [2.45, 2.75) is 166 Å². The van der Waals surface area contributed by atoms with E-state index in [4.69, 9.17) is 44.8 Å². The maximum Gasteiger partial charge on any atom is 0.409 e. The molecule has 0 saturated carbocycles. The quantitative estimate of drug-likeness (QED) is 0.0204. The van der Waals surface area contributed by atoms with E-state index in [9.17, 15) is 53.4 Å². The van der Waals surface area contributed by atoms with Gasteiger partial charge in [-0.05, 0) is 88.7 Å². The summed E-state index contributed by atoms with van der Waals surface area (Å²) in [5, 5.41) is 37.6. The molecule has 3 aliphatic rings. The van der Waals surface area contributed by atoms with E-state index in [1.807, 2.05) is 60.9 Å². The van der Waals surface area contributed by atoms with Crippen LogP contribution in [0.1, 0.15) is 98.2 Å². The molecular weight excluding hydrogens is 1260 g/mol. The lowest BCUT2D eigenvalue weighted by Gasteiger charge is -2.42. The number of alkyl carbamates (subject to hydrolysis) is 1. The van der Waals surface area contributed by atoms with E-state index in [2.05, 4.69) is 38.1 Å². The molecule has 3 aromatic rings. The van der Waals surface area contributed by atoms with Gasteiger partial charge in [-0.3, -0.25) is 44.3 Å². The van der Waals surface area contributed by atoms with Crippen LogP contribution in [0.15, 0.2) is 66.3 Å². The van der Waals surface area contributed by atoms with Gasteiger partial charge in [0.05, 0.1) is 58.3 Å². The van der Waals surface area contributed by atoms with E-state index in [-0.39, 0.29) is 70.1 Å². The summed E-state index contributed by atoms with van der Waals surface area (Å²) >= 11 is 6.84. The summed E-state index contributed by atoms with van der Waals surface area (Å²) in [6.45, 7) is 12.7. The Kier molecular flexibility index (Phi) is 28.0. The number of aliphatic hydroxyl groups is 1. The molecule has 11 atom stereocenters. The molecule has 29 heteroatoms. The number of carboxylic acid groups (broad SMARTS) is 1. The highest BCUT2D eigenvalue weighted by Gasteiger charge is 2.64. The number of carbonyl (C=O) groups is 9. The standard InChI is InChI=1S/C66H95ClN10O18/c1-38(2)58(72-54(79)24-27-91-29-30-92-28-25-69-60(83)46(21-22-56(81)82)71-53(78)23-26-77-45(37-74(9)68-8)34-44-18-14-15-19-47(44)77)61(84)70-41(5)62(85)75(10)42(6)63(86)94-52-35-55(80)76(11)48-32-43(33-49(89-12)57(48)67)31-39(3)17-16-20-51(90-13)66(88)36-50(93-64(87)73-66)40(4)59-65(52,7)95-59/h14-20,32-34,38,40-42,46,50-52,58-59,68,88H,21-31,35-37H2,1-13H3,(H,69,83)(H,70,84)(H,71,78)(H,72,79)(H,73,87)(H,81,82)/b20-16+,39-17+/t40-,41+,42+,46+,50+,51-,52+,58+,59+,65-,66+/m1/s1. The van der Waals surface area contributed by atoms with E-state index >= 15 is 0 Å². The number of benzene rings is 2. The molecule has 8 N–H and O–H groups in total. The predicted molar refractivity (Wildman–Crippen MR) is 350 cm³/mol. The summed E-state index contributed by atoms with van der Waals surface area (Å²) in [4.78, 5) is 123. The van der Waals surface area contributed by atoms with Gasteiger partial charge >= 0.3 is 18.0 Å². The van der Waals surface area contributed by atoms with Gasteiger partial charge in [0.25, 0.3) is 0 Å². The first kappa shape index (κ1) is 76.3. The fourth-order valence-corrected chi connectivity index (χ4v) is 11.8. The first-order valence-corrected chi connectivity index (χ1v) is 32.2. The van der Waals surface area contributed by atoms with Crippen LogP contribution in [0, 0.1) is 11.8 Å². The lowest BCUT2D eigenvalue weighted by molar-refractivity contribution is -0.162. The van der Waals surface area contributed by atoms with Crippen LogP contribution in [0.25, 0.3) is 10.9 Å². The third-order valence-corrected chi connectivity index (χ3v) is 17.8. The highest BCUT2D eigenvalue weighted by Crippen LogP contribution is 2.49. The van der Waals surface area contributed by atoms with Crippen LogP contribution in [-0.4, -0.2) is 213 Å². The van der Waals surface area contributed by atoms with Crippen LogP contribution in [0.3, 0.4) is 0 Å². The van der Waals surface area contributed by atoms with E-state index < -0.39 is 132 Å². The van der Waals surface area contributed by atoms with Gasteiger partial charge in [-0.25, -0.2) is 14.6 Å². The Bertz CT molecular complexity index is 3290. The number of nitrogens with one attached hydrogen (secondary N) is 6. The largest absolute Gasteiger partial charge is 0.495 e. The normalized spacial score (nSPS) is 23.5. The monoisotopic (exact) mass is 1350 g/mol. The van der Waals surface area contributed by atoms with Crippen LogP contribution >= 0.6 is 11.6 Å². The van der Waals surface area contributed by atoms with Crippen LogP contribution in [0.4, 0.5) is 10.5 Å². The van der Waals surface area contributed by atoms with Crippen molar-refractivity contribution < 1.29 is 86.5 Å². The Balaban J connectivity index is 0.981. The molecule has 2 aromatic carbocycles. The number of aromatic nitrogens is 1. The zero-order valence-electron chi connectivity index (χ0n) is 56.5. The third kappa shape index (κ3) is 20.7. The van der Waals surface area contributed by atoms with Crippen molar-refractivity contribution in [2.24, 2.45) is 11.8 Å². The number of hydrogen-bond donors (Lipinski definition) is 8. The molecule has 0 unspecified atom stereocenters. The Labute approximate surface area is 559 Å². The minimum absolute atomic E-state index is 0.0387. The van der Waals surface area contributed by atoms with Gasteiger partial charge in [-0.1, -0.05) is 74.4 Å². The maximum absolute atomic E-state index is 14.5. The Hall–Kier alpha value is -7.70. The SMILES string of the molecule is CNN(C)Cc1cc2ccccc2n1CCC(=O)N[C@@H](CCC(=O)O)C(=O)NCCOCCOCCC(=O)N[C@H](C(=O)N[C@@H](C)C(=O)N(C)[C@@H](C)C(=O)O[C@H]1CC(=O)N(C)c2cc(cc(OC)c2Cl)C/C(C)=C/C=C/[C@@H](OC)[C@@]2(O)C[C@H](OC(=O)N2)[C@@H](C)[C@@H]2O[C@]12C)C(C)C. The van der Waals surface area contributed by atoms with Gasteiger partial charge in [0.15, 0.2) is 5.72 Å². The molecule has 3 aliphatic heterocycles. The van der Waals surface area contributed by atoms with Crippen molar-refractivity contribution in [3.8, 4) is 5.75 Å². The second kappa shape index (κ2) is 34.8. The zero-order valence-corrected chi connectivity index (χ0v) is 57.3. The maximum atomic E-state index is 14.5. The molecule has 28 nitrogen and oxygen atoms in total. The van der Waals surface area contributed by atoms with Gasteiger partial charge in [-0.15, -0.1) is 0 Å². The van der Waals surface area contributed by atoms with Crippen LogP contribution in [0.2, 0.25) is 5.02 Å². The molecule has 4 heterocycles. The van der Waals surface area contributed by atoms with E-state index in [0.29, 0.717) is 30.9 Å². The minimum atomic E-state index is -1.92. The van der Waals surface area contributed by atoms with E-state index in [1.54, 1.807) is 52.0 Å². The fraction of sp³-hybridized carbons (Fsp3) is 0.591. The number of carboxylic acids is 1. The lowest BCUT2D eigenvalue weighted by atomic mass is 9.83. The van der Waals surface area contributed by atoms with Crippen LogP contribution in [-0.2, 0) is 86.3 Å². The molecule has 524 valence electrons. The smallest absolute Gasteiger partial charge is 0.409 e. The molecule has 4 bridgehead atoms. The number of anilines is 1. The van der Waals surface area contributed by atoms with Crippen molar-refractivity contribution >= 4 is 81.7 Å². The average molecular weight is 1350 g/mol.